The van der Waals surface area contributed by atoms with Gasteiger partial charge in [0.1, 0.15) is 17.3 Å². The summed E-state index contributed by atoms with van der Waals surface area (Å²) < 4.78 is 42.8. The summed E-state index contributed by atoms with van der Waals surface area (Å²) in [6.07, 6.45) is -3.55. The van der Waals surface area contributed by atoms with Crippen molar-refractivity contribution in [2.45, 2.75) is 19.5 Å². The smallest absolute Gasteiger partial charge is 0.401 e. The van der Waals surface area contributed by atoms with E-state index in [0.717, 1.165) is 0 Å². The molecule has 1 aromatic carbocycles. The van der Waals surface area contributed by atoms with Gasteiger partial charge in [0.25, 0.3) is 0 Å². The minimum Gasteiger partial charge on any atom is -0.492 e. The van der Waals surface area contributed by atoms with Gasteiger partial charge in [-0.1, -0.05) is 31.3 Å². The third-order valence-electron chi connectivity index (χ3n) is 2.76. The van der Waals surface area contributed by atoms with Crippen LogP contribution in [0, 0.1) is 0 Å². The van der Waals surface area contributed by atoms with Crippen molar-refractivity contribution in [3.63, 3.8) is 0 Å². The highest BCUT2D eigenvalue weighted by molar-refractivity contribution is 7.80. The summed E-state index contributed by atoms with van der Waals surface area (Å²) in [5.74, 6) is 0.494. The number of nitrogens with two attached hydrogens (primary N) is 1. The molecule has 3 nitrogen and oxygen atoms in total. The number of benzene rings is 1. The topological polar surface area (TPSA) is 38.5 Å². The summed E-state index contributed by atoms with van der Waals surface area (Å²) in [5, 5.41) is 0. The molecule has 0 atom stereocenters. The number of halogens is 3. The number of rotatable bonds is 8. The summed E-state index contributed by atoms with van der Waals surface area (Å²) in [6.45, 7) is 1.63. The van der Waals surface area contributed by atoms with Crippen LogP contribution in [-0.4, -0.2) is 42.3 Å². The van der Waals surface area contributed by atoms with Gasteiger partial charge in [0.05, 0.1) is 12.1 Å². The number of hydrogen-bond acceptors (Lipinski definition) is 3. The van der Waals surface area contributed by atoms with E-state index in [0.29, 0.717) is 24.3 Å². The second-order valence-electron chi connectivity index (χ2n) is 4.60. The Kier molecular flexibility index (Phi) is 6.91. The van der Waals surface area contributed by atoms with Gasteiger partial charge in [-0.3, -0.25) is 4.90 Å². The maximum Gasteiger partial charge on any atom is 0.401 e. The predicted molar refractivity (Wildman–Crippen MR) is 80.6 cm³/mol. The fourth-order valence-corrected chi connectivity index (χ4v) is 2.09. The van der Waals surface area contributed by atoms with E-state index >= 15 is 0 Å². The minimum atomic E-state index is -4.20. The molecule has 0 saturated heterocycles. The van der Waals surface area contributed by atoms with Crippen molar-refractivity contribution < 1.29 is 17.9 Å². The summed E-state index contributed by atoms with van der Waals surface area (Å²) in [6, 6.07) is 6.95. The molecule has 118 valence electrons. The van der Waals surface area contributed by atoms with E-state index in [-0.39, 0.29) is 18.1 Å². The number of ether oxygens (including phenoxy) is 1. The van der Waals surface area contributed by atoms with E-state index in [1.165, 1.54) is 4.90 Å². The first-order valence-electron chi connectivity index (χ1n) is 6.64. The Bertz CT molecular complexity index is 466. The second-order valence-corrected chi connectivity index (χ2v) is 5.04. The molecule has 2 N–H and O–H groups in total. The summed E-state index contributed by atoms with van der Waals surface area (Å²) in [4.78, 5) is 1.52. The SMILES string of the molecule is CCCN(CCOc1ccccc1C(N)=S)CC(F)(F)F. The van der Waals surface area contributed by atoms with E-state index in [2.05, 4.69) is 0 Å². The predicted octanol–water partition coefficient (Wildman–Crippen LogP) is 2.97. The van der Waals surface area contributed by atoms with Gasteiger partial charge >= 0.3 is 6.18 Å². The highest BCUT2D eigenvalue weighted by Crippen LogP contribution is 2.19. The van der Waals surface area contributed by atoms with E-state index < -0.39 is 12.7 Å². The quantitative estimate of drug-likeness (QED) is 0.748. The van der Waals surface area contributed by atoms with Gasteiger partial charge < -0.3 is 10.5 Å². The molecule has 1 rings (SSSR count). The zero-order chi connectivity index (χ0) is 15.9. The average molecular weight is 320 g/mol. The Morgan fingerprint density at radius 1 is 1.29 bits per heavy atom. The number of thiocarbonyl (C=S) groups is 1. The normalized spacial score (nSPS) is 11.7. The van der Waals surface area contributed by atoms with E-state index in [1.54, 1.807) is 24.3 Å². The molecule has 0 bridgehead atoms. The number of nitrogens with zero attached hydrogens (tertiary/aromatic N) is 1. The van der Waals surface area contributed by atoms with Crippen molar-refractivity contribution in [2.75, 3.05) is 26.2 Å². The molecule has 21 heavy (non-hydrogen) atoms. The van der Waals surface area contributed by atoms with Crippen molar-refractivity contribution in [2.24, 2.45) is 5.73 Å². The molecule has 0 aliphatic rings. The molecule has 0 aliphatic carbocycles. The van der Waals surface area contributed by atoms with Crippen LogP contribution in [0.15, 0.2) is 24.3 Å². The van der Waals surface area contributed by atoms with Gasteiger partial charge in [0, 0.05) is 6.54 Å². The highest BCUT2D eigenvalue weighted by Gasteiger charge is 2.30. The third-order valence-corrected chi connectivity index (χ3v) is 2.98. The van der Waals surface area contributed by atoms with Gasteiger partial charge in [-0.05, 0) is 25.1 Å². The Morgan fingerprint density at radius 2 is 1.95 bits per heavy atom. The van der Waals surface area contributed by atoms with E-state index in [1.807, 2.05) is 6.92 Å². The molecule has 0 saturated carbocycles. The van der Waals surface area contributed by atoms with Crippen LogP contribution in [0.2, 0.25) is 0 Å². The van der Waals surface area contributed by atoms with Crippen molar-refractivity contribution >= 4 is 17.2 Å². The van der Waals surface area contributed by atoms with Crippen molar-refractivity contribution in [3.05, 3.63) is 29.8 Å². The van der Waals surface area contributed by atoms with Gasteiger partial charge in [-0.15, -0.1) is 0 Å². The highest BCUT2D eigenvalue weighted by atomic mass is 32.1. The van der Waals surface area contributed by atoms with Crippen LogP contribution in [0.5, 0.6) is 5.75 Å². The minimum absolute atomic E-state index is 0.149. The molecule has 7 heteroatoms. The van der Waals surface area contributed by atoms with Crippen LogP contribution in [0.25, 0.3) is 0 Å². The standard InChI is InChI=1S/C14H19F3N2OS/c1-2-7-19(10-14(15,16)17)8-9-20-12-6-4-3-5-11(12)13(18)21/h3-6H,2,7-10H2,1H3,(H2,18,21). The molecular weight excluding hydrogens is 301 g/mol. The van der Waals surface area contributed by atoms with Crippen LogP contribution in [0.3, 0.4) is 0 Å². The summed E-state index contributed by atoms with van der Waals surface area (Å²) >= 11 is 4.90. The second kappa shape index (κ2) is 8.19. The number of hydrogen-bond donors (Lipinski definition) is 1. The van der Waals surface area contributed by atoms with Gasteiger partial charge in [-0.2, -0.15) is 13.2 Å². The van der Waals surface area contributed by atoms with Crippen LogP contribution in [0.1, 0.15) is 18.9 Å². The first kappa shape index (κ1) is 17.7. The lowest BCUT2D eigenvalue weighted by Gasteiger charge is -2.23. The van der Waals surface area contributed by atoms with Crippen molar-refractivity contribution in [1.29, 1.82) is 0 Å². The molecule has 0 fully saturated rings. The molecule has 1 aromatic rings. The molecule has 0 aliphatic heterocycles. The Balaban J connectivity index is 2.56. The molecule has 0 heterocycles. The fraction of sp³-hybridized carbons (Fsp3) is 0.500. The van der Waals surface area contributed by atoms with E-state index in [9.17, 15) is 13.2 Å². The largest absolute Gasteiger partial charge is 0.492 e. The lowest BCUT2D eigenvalue weighted by molar-refractivity contribution is -0.146. The molecule has 0 aromatic heterocycles. The van der Waals surface area contributed by atoms with Crippen LogP contribution in [0.4, 0.5) is 13.2 Å². The molecule has 0 radical (unpaired) electrons. The fourth-order valence-electron chi connectivity index (χ4n) is 1.92. The summed E-state index contributed by atoms with van der Waals surface area (Å²) in [5.41, 5.74) is 6.16. The maximum absolute atomic E-state index is 12.4. The molecule has 0 unspecified atom stereocenters. The van der Waals surface area contributed by atoms with Gasteiger partial charge in [0.15, 0.2) is 0 Å². The van der Waals surface area contributed by atoms with Crippen molar-refractivity contribution in [1.82, 2.24) is 4.90 Å². The lowest BCUT2D eigenvalue weighted by Crippen LogP contribution is -2.37. The van der Waals surface area contributed by atoms with Gasteiger partial charge in [-0.25, -0.2) is 0 Å². The third kappa shape index (κ3) is 6.77. The van der Waals surface area contributed by atoms with Crippen molar-refractivity contribution in [3.8, 4) is 5.75 Å². The van der Waals surface area contributed by atoms with Crippen LogP contribution >= 0.6 is 12.2 Å². The monoisotopic (exact) mass is 320 g/mol. The van der Waals surface area contributed by atoms with Gasteiger partial charge in [0.2, 0.25) is 0 Å². The van der Waals surface area contributed by atoms with Crippen LogP contribution in [-0.2, 0) is 0 Å². The Labute approximate surface area is 127 Å². The average Bonchev–Trinajstić information content (AvgIpc) is 2.37. The molecule has 0 spiro atoms. The first-order valence-corrected chi connectivity index (χ1v) is 7.05. The number of alkyl halides is 3. The maximum atomic E-state index is 12.4. The Morgan fingerprint density at radius 3 is 2.52 bits per heavy atom. The number of para-hydroxylation sites is 1. The van der Waals surface area contributed by atoms with E-state index in [4.69, 9.17) is 22.7 Å². The van der Waals surface area contributed by atoms with Crippen LogP contribution < -0.4 is 10.5 Å². The zero-order valence-electron chi connectivity index (χ0n) is 11.8. The first-order chi connectivity index (χ1) is 9.83. The zero-order valence-corrected chi connectivity index (χ0v) is 12.6. The Hall–Kier alpha value is -1.34. The summed E-state index contributed by atoms with van der Waals surface area (Å²) in [7, 11) is 0. The lowest BCUT2D eigenvalue weighted by atomic mass is 10.2. The molecule has 0 amide bonds. The molecular formula is C14H19F3N2OS.